The Balaban J connectivity index is 1.39. The van der Waals surface area contributed by atoms with Gasteiger partial charge in [0, 0.05) is 36.0 Å². The summed E-state index contributed by atoms with van der Waals surface area (Å²) in [6.45, 7) is 1.12. The van der Waals surface area contributed by atoms with Crippen molar-refractivity contribution in [3.05, 3.63) is 53.7 Å². The minimum Gasteiger partial charge on any atom is -0.337 e. The van der Waals surface area contributed by atoms with Crippen molar-refractivity contribution in [2.75, 3.05) is 18.4 Å². The van der Waals surface area contributed by atoms with Crippen LogP contribution in [0.1, 0.15) is 23.3 Å². The Labute approximate surface area is 154 Å². The fourth-order valence-corrected chi connectivity index (χ4v) is 3.72. The molecule has 26 heavy (non-hydrogen) atoms. The molecule has 0 unspecified atom stereocenters. The van der Waals surface area contributed by atoms with Gasteiger partial charge in [-0.1, -0.05) is 24.3 Å². The number of carbonyl (C=O) groups excluding carboxylic acids is 2. The molecule has 0 atom stereocenters. The van der Waals surface area contributed by atoms with Gasteiger partial charge in [0.25, 0.3) is 5.91 Å². The molecule has 6 nitrogen and oxygen atoms in total. The van der Waals surface area contributed by atoms with Gasteiger partial charge in [-0.2, -0.15) is 0 Å². The summed E-state index contributed by atoms with van der Waals surface area (Å²) in [5.74, 6) is -0.182. The van der Waals surface area contributed by atoms with E-state index in [4.69, 9.17) is 0 Å². The lowest BCUT2D eigenvalue weighted by Gasteiger charge is -2.31. The number of anilines is 1. The van der Waals surface area contributed by atoms with E-state index < -0.39 is 0 Å². The number of benzene rings is 1. The minimum absolute atomic E-state index is 0.0177. The lowest BCUT2D eigenvalue weighted by molar-refractivity contribution is -0.121. The molecule has 3 aromatic rings. The zero-order chi connectivity index (χ0) is 17.9. The highest BCUT2D eigenvalue weighted by Crippen LogP contribution is 2.22. The molecule has 0 saturated carbocycles. The van der Waals surface area contributed by atoms with Crippen LogP contribution in [0, 0.1) is 5.92 Å². The van der Waals surface area contributed by atoms with Crippen LogP contribution < -0.4 is 5.32 Å². The smallest absolute Gasteiger partial charge is 0.272 e. The number of piperidine rings is 1. The van der Waals surface area contributed by atoms with Crippen molar-refractivity contribution >= 4 is 39.2 Å². The van der Waals surface area contributed by atoms with Crippen LogP contribution in [0.2, 0.25) is 0 Å². The summed E-state index contributed by atoms with van der Waals surface area (Å²) in [5.41, 5.74) is 1.27. The van der Waals surface area contributed by atoms with Crippen LogP contribution in [0.25, 0.3) is 10.9 Å². The number of hydrogen-bond donors (Lipinski definition) is 1. The predicted molar refractivity (Wildman–Crippen MR) is 101 cm³/mol. The SMILES string of the molecule is O=C(Nc1nccs1)C1CCN(C(=O)c2ccc3ccccc3n2)CC1. The zero-order valence-electron chi connectivity index (χ0n) is 14.1. The van der Waals surface area contributed by atoms with Crippen LogP contribution in [0.4, 0.5) is 5.13 Å². The molecule has 1 aliphatic heterocycles. The number of thiazole rings is 1. The number of amides is 2. The maximum Gasteiger partial charge on any atom is 0.272 e. The Morgan fingerprint density at radius 3 is 2.69 bits per heavy atom. The summed E-state index contributed by atoms with van der Waals surface area (Å²) < 4.78 is 0. The third kappa shape index (κ3) is 3.43. The van der Waals surface area contributed by atoms with Crippen molar-refractivity contribution in [1.29, 1.82) is 0 Å². The van der Waals surface area contributed by atoms with E-state index in [9.17, 15) is 9.59 Å². The van der Waals surface area contributed by atoms with Gasteiger partial charge in [0.1, 0.15) is 5.69 Å². The number of fused-ring (bicyclic) bond motifs is 1. The third-order valence-corrected chi connectivity index (χ3v) is 5.32. The molecule has 1 saturated heterocycles. The molecule has 4 rings (SSSR count). The van der Waals surface area contributed by atoms with E-state index in [1.165, 1.54) is 11.3 Å². The van der Waals surface area contributed by atoms with E-state index in [-0.39, 0.29) is 17.7 Å². The van der Waals surface area contributed by atoms with E-state index >= 15 is 0 Å². The summed E-state index contributed by atoms with van der Waals surface area (Å²) in [7, 11) is 0. The molecular formula is C19H18N4O2S. The van der Waals surface area contributed by atoms with Crippen LogP contribution in [-0.4, -0.2) is 39.8 Å². The summed E-state index contributed by atoms with van der Waals surface area (Å²) in [4.78, 5) is 35.4. The molecule has 2 amide bonds. The first-order chi connectivity index (χ1) is 12.7. The summed E-state index contributed by atoms with van der Waals surface area (Å²) in [6.07, 6.45) is 2.96. The first kappa shape index (κ1) is 16.7. The Hall–Kier alpha value is -2.80. The Morgan fingerprint density at radius 2 is 1.92 bits per heavy atom. The van der Waals surface area contributed by atoms with Gasteiger partial charge < -0.3 is 10.2 Å². The predicted octanol–water partition coefficient (Wildman–Crippen LogP) is 3.18. The lowest BCUT2D eigenvalue weighted by Crippen LogP contribution is -2.41. The van der Waals surface area contributed by atoms with Crippen LogP contribution in [0.5, 0.6) is 0 Å². The number of rotatable bonds is 3. The molecule has 1 fully saturated rings. The van der Waals surface area contributed by atoms with Gasteiger partial charge in [-0.15, -0.1) is 11.3 Å². The van der Waals surface area contributed by atoms with E-state index in [2.05, 4.69) is 15.3 Å². The summed E-state index contributed by atoms with van der Waals surface area (Å²) in [5, 5.41) is 6.30. The molecule has 0 spiro atoms. The second-order valence-electron chi connectivity index (χ2n) is 6.28. The zero-order valence-corrected chi connectivity index (χ0v) is 14.9. The molecule has 0 bridgehead atoms. The quantitative estimate of drug-likeness (QED) is 0.772. The second kappa shape index (κ2) is 7.21. The maximum atomic E-state index is 12.7. The monoisotopic (exact) mass is 366 g/mol. The fourth-order valence-electron chi connectivity index (χ4n) is 3.18. The fraction of sp³-hybridized carbons (Fsp3) is 0.263. The summed E-state index contributed by atoms with van der Waals surface area (Å²) >= 11 is 1.40. The van der Waals surface area contributed by atoms with Gasteiger partial charge >= 0.3 is 0 Å². The molecule has 3 heterocycles. The highest BCUT2D eigenvalue weighted by atomic mass is 32.1. The van der Waals surface area contributed by atoms with Crippen LogP contribution in [0.15, 0.2) is 48.0 Å². The highest BCUT2D eigenvalue weighted by molar-refractivity contribution is 7.13. The second-order valence-corrected chi connectivity index (χ2v) is 7.18. The number of hydrogen-bond acceptors (Lipinski definition) is 5. The third-order valence-electron chi connectivity index (χ3n) is 4.63. The number of pyridine rings is 1. The molecule has 0 radical (unpaired) electrons. The van der Waals surface area contributed by atoms with Crippen molar-refractivity contribution < 1.29 is 9.59 Å². The molecule has 1 aromatic carbocycles. The Kier molecular flexibility index (Phi) is 4.62. The number of para-hydroxylation sites is 1. The normalized spacial score (nSPS) is 15.2. The summed E-state index contributed by atoms with van der Waals surface area (Å²) in [6, 6.07) is 11.4. The first-order valence-corrected chi connectivity index (χ1v) is 9.44. The molecule has 0 aliphatic carbocycles. The Bertz CT molecular complexity index is 934. The average molecular weight is 366 g/mol. The molecule has 132 valence electrons. The highest BCUT2D eigenvalue weighted by Gasteiger charge is 2.28. The molecule has 1 aliphatic rings. The van der Waals surface area contributed by atoms with Gasteiger partial charge in [0.05, 0.1) is 5.52 Å². The van der Waals surface area contributed by atoms with Gasteiger partial charge in [-0.25, -0.2) is 9.97 Å². The van der Waals surface area contributed by atoms with E-state index in [0.29, 0.717) is 36.8 Å². The number of nitrogens with zero attached hydrogens (tertiary/aromatic N) is 3. The van der Waals surface area contributed by atoms with Crippen LogP contribution >= 0.6 is 11.3 Å². The lowest BCUT2D eigenvalue weighted by atomic mass is 9.95. The van der Waals surface area contributed by atoms with Gasteiger partial charge in [-0.3, -0.25) is 9.59 Å². The largest absolute Gasteiger partial charge is 0.337 e. The van der Waals surface area contributed by atoms with Crippen LogP contribution in [0.3, 0.4) is 0 Å². The Morgan fingerprint density at radius 1 is 1.12 bits per heavy atom. The number of aromatic nitrogens is 2. The first-order valence-electron chi connectivity index (χ1n) is 8.56. The standard InChI is InChI=1S/C19H18N4O2S/c24-17(22-19-20-9-12-26-19)14-7-10-23(11-8-14)18(25)16-6-5-13-3-1-2-4-15(13)21-16/h1-6,9,12,14H,7-8,10-11H2,(H,20,22,24). The van der Waals surface area contributed by atoms with Gasteiger partial charge in [0.15, 0.2) is 5.13 Å². The molecular weight excluding hydrogens is 348 g/mol. The topological polar surface area (TPSA) is 75.2 Å². The van der Waals surface area contributed by atoms with Crippen molar-refractivity contribution in [1.82, 2.24) is 14.9 Å². The maximum absolute atomic E-state index is 12.7. The van der Waals surface area contributed by atoms with E-state index in [0.717, 1.165) is 10.9 Å². The number of carbonyl (C=O) groups is 2. The van der Waals surface area contributed by atoms with E-state index in [1.807, 2.05) is 35.7 Å². The molecule has 2 aromatic heterocycles. The van der Waals surface area contributed by atoms with E-state index in [1.54, 1.807) is 17.2 Å². The number of nitrogens with one attached hydrogen (secondary N) is 1. The van der Waals surface area contributed by atoms with Crippen molar-refractivity contribution in [2.24, 2.45) is 5.92 Å². The van der Waals surface area contributed by atoms with Gasteiger partial charge in [0.2, 0.25) is 5.91 Å². The number of likely N-dealkylation sites (tertiary alicyclic amines) is 1. The van der Waals surface area contributed by atoms with Crippen molar-refractivity contribution in [3.8, 4) is 0 Å². The molecule has 7 heteroatoms. The minimum atomic E-state index is -0.0903. The molecule has 1 N–H and O–H groups in total. The van der Waals surface area contributed by atoms with Crippen molar-refractivity contribution in [3.63, 3.8) is 0 Å². The van der Waals surface area contributed by atoms with Crippen molar-refractivity contribution in [2.45, 2.75) is 12.8 Å². The average Bonchev–Trinajstić information content (AvgIpc) is 3.20. The van der Waals surface area contributed by atoms with Crippen LogP contribution in [-0.2, 0) is 4.79 Å². The van der Waals surface area contributed by atoms with Gasteiger partial charge in [-0.05, 0) is 25.0 Å².